The molecular formula is C19H18N2OS. The maximum Gasteiger partial charge on any atom is 0.256 e. The van der Waals surface area contributed by atoms with Crippen molar-refractivity contribution in [1.29, 1.82) is 0 Å². The molecule has 1 aliphatic rings. The van der Waals surface area contributed by atoms with Crippen molar-refractivity contribution in [3.63, 3.8) is 0 Å². The summed E-state index contributed by atoms with van der Waals surface area (Å²) in [4.78, 5) is 14.0. The molecule has 0 spiro atoms. The molecule has 116 valence electrons. The molecule has 0 bridgehead atoms. The van der Waals surface area contributed by atoms with Crippen LogP contribution < -0.4 is 5.32 Å². The fourth-order valence-electron chi connectivity index (χ4n) is 2.71. The molecule has 3 rings (SSSR count). The van der Waals surface area contributed by atoms with Crippen LogP contribution in [-0.4, -0.2) is 22.5 Å². The number of thiocarbonyl (C=S) groups is 1. The standard InChI is InChI=1S/C19H18N2OS/c1-2-12-21-18(22)17(20-19(21)23)16-10-8-15(9-11-16)13-14-6-4-3-5-7-14/h2-11,17H,1,12-13H2,(H,20,23). The van der Waals surface area contributed by atoms with Crippen LogP contribution in [0.4, 0.5) is 0 Å². The first-order chi connectivity index (χ1) is 11.2. The van der Waals surface area contributed by atoms with Crippen molar-refractivity contribution in [3.8, 4) is 0 Å². The predicted octanol–water partition coefficient (Wildman–Crippen LogP) is 3.22. The lowest BCUT2D eigenvalue weighted by atomic mass is 10.0. The van der Waals surface area contributed by atoms with Crippen LogP contribution in [0, 0.1) is 0 Å². The Hall–Kier alpha value is -2.46. The Labute approximate surface area is 141 Å². The van der Waals surface area contributed by atoms with Crippen LogP contribution in [0.15, 0.2) is 67.3 Å². The van der Waals surface area contributed by atoms with E-state index in [1.807, 2.05) is 30.3 Å². The third kappa shape index (κ3) is 3.32. The first-order valence-electron chi connectivity index (χ1n) is 7.54. The lowest BCUT2D eigenvalue weighted by Crippen LogP contribution is -2.30. The quantitative estimate of drug-likeness (QED) is 0.678. The van der Waals surface area contributed by atoms with Crippen LogP contribution in [0.25, 0.3) is 0 Å². The number of carbonyl (C=O) groups is 1. The number of benzene rings is 2. The fourth-order valence-corrected chi connectivity index (χ4v) is 2.99. The molecule has 1 unspecified atom stereocenters. The highest BCUT2D eigenvalue weighted by molar-refractivity contribution is 7.80. The molecule has 1 atom stereocenters. The van der Waals surface area contributed by atoms with Gasteiger partial charge >= 0.3 is 0 Å². The van der Waals surface area contributed by atoms with Gasteiger partial charge in [-0.2, -0.15) is 0 Å². The maximum atomic E-state index is 12.4. The van der Waals surface area contributed by atoms with Crippen LogP contribution in [0.1, 0.15) is 22.7 Å². The van der Waals surface area contributed by atoms with Gasteiger partial charge in [0.15, 0.2) is 5.11 Å². The Bertz CT molecular complexity index is 725. The fraction of sp³-hybridized carbons (Fsp3) is 0.158. The summed E-state index contributed by atoms with van der Waals surface area (Å²) in [5.41, 5.74) is 3.42. The van der Waals surface area contributed by atoms with Crippen molar-refractivity contribution in [2.75, 3.05) is 6.54 Å². The number of rotatable bonds is 5. The number of carbonyl (C=O) groups excluding carboxylic acids is 1. The van der Waals surface area contributed by atoms with Gasteiger partial charge < -0.3 is 5.32 Å². The zero-order chi connectivity index (χ0) is 16.2. The summed E-state index contributed by atoms with van der Waals surface area (Å²) >= 11 is 5.22. The van der Waals surface area contributed by atoms with Gasteiger partial charge in [0, 0.05) is 6.54 Å². The summed E-state index contributed by atoms with van der Waals surface area (Å²) in [5.74, 6) is -0.0225. The Kier molecular flexibility index (Phi) is 4.53. The summed E-state index contributed by atoms with van der Waals surface area (Å²) in [6.45, 7) is 4.10. The van der Waals surface area contributed by atoms with E-state index in [2.05, 4.69) is 36.2 Å². The molecule has 1 aliphatic heterocycles. The third-order valence-corrected chi connectivity index (χ3v) is 4.24. The van der Waals surface area contributed by atoms with Crippen LogP contribution in [0.3, 0.4) is 0 Å². The van der Waals surface area contributed by atoms with E-state index in [0.29, 0.717) is 11.7 Å². The molecule has 23 heavy (non-hydrogen) atoms. The molecule has 1 saturated heterocycles. The van der Waals surface area contributed by atoms with E-state index in [1.165, 1.54) is 11.1 Å². The van der Waals surface area contributed by atoms with Gasteiger partial charge in [-0.25, -0.2) is 0 Å². The summed E-state index contributed by atoms with van der Waals surface area (Å²) in [6.07, 6.45) is 2.56. The molecule has 0 radical (unpaired) electrons. The minimum atomic E-state index is -0.395. The SMILES string of the molecule is C=CCN1C(=O)C(c2ccc(Cc3ccccc3)cc2)NC1=S. The van der Waals surface area contributed by atoms with Gasteiger partial charge in [-0.3, -0.25) is 9.69 Å². The molecule has 1 fully saturated rings. The first-order valence-corrected chi connectivity index (χ1v) is 7.95. The Balaban J connectivity index is 1.74. The van der Waals surface area contributed by atoms with Crippen molar-refractivity contribution >= 4 is 23.2 Å². The number of nitrogens with zero attached hydrogens (tertiary/aromatic N) is 1. The van der Waals surface area contributed by atoms with E-state index in [0.717, 1.165) is 12.0 Å². The average Bonchev–Trinajstić information content (AvgIpc) is 2.85. The van der Waals surface area contributed by atoms with Crippen molar-refractivity contribution in [1.82, 2.24) is 10.2 Å². The van der Waals surface area contributed by atoms with E-state index >= 15 is 0 Å². The molecule has 4 heteroatoms. The minimum Gasteiger partial charge on any atom is -0.347 e. The molecule has 0 aromatic heterocycles. The number of amides is 1. The topological polar surface area (TPSA) is 32.3 Å². The normalized spacial score (nSPS) is 17.2. The van der Waals surface area contributed by atoms with Gasteiger partial charge in [-0.15, -0.1) is 6.58 Å². The Morgan fingerprint density at radius 2 is 1.74 bits per heavy atom. The van der Waals surface area contributed by atoms with E-state index in [1.54, 1.807) is 11.0 Å². The second-order valence-corrected chi connectivity index (χ2v) is 5.91. The van der Waals surface area contributed by atoms with E-state index in [4.69, 9.17) is 12.2 Å². The van der Waals surface area contributed by atoms with E-state index in [-0.39, 0.29) is 5.91 Å². The van der Waals surface area contributed by atoms with Crippen molar-refractivity contribution < 1.29 is 4.79 Å². The van der Waals surface area contributed by atoms with Crippen molar-refractivity contribution in [2.45, 2.75) is 12.5 Å². The summed E-state index contributed by atoms with van der Waals surface area (Å²) in [6, 6.07) is 18.0. The lowest BCUT2D eigenvalue weighted by Gasteiger charge is -2.12. The molecule has 1 heterocycles. The van der Waals surface area contributed by atoms with E-state index in [9.17, 15) is 4.79 Å². The van der Waals surface area contributed by atoms with Gasteiger partial charge in [0.05, 0.1) is 0 Å². The molecule has 2 aromatic rings. The average molecular weight is 322 g/mol. The van der Waals surface area contributed by atoms with Crippen LogP contribution in [-0.2, 0) is 11.2 Å². The lowest BCUT2D eigenvalue weighted by molar-refractivity contribution is -0.126. The first kappa shape index (κ1) is 15.4. The van der Waals surface area contributed by atoms with Gasteiger partial charge in [-0.1, -0.05) is 60.7 Å². The molecule has 2 aromatic carbocycles. The summed E-state index contributed by atoms with van der Waals surface area (Å²) < 4.78 is 0. The maximum absolute atomic E-state index is 12.4. The third-order valence-electron chi connectivity index (χ3n) is 3.90. The number of hydrogen-bond acceptors (Lipinski definition) is 2. The Morgan fingerprint density at radius 3 is 2.39 bits per heavy atom. The highest BCUT2D eigenvalue weighted by Gasteiger charge is 2.35. The number of hydrogen-bond donors (Lipinski definition) is 1. The Morgan fingerprint density at radius 1 is 1.09 bits per heavy atom. The van der Waals surface area contributed by atoms with Gasteiger partial charge in [0.1, 0.15) is 6.04 Å². The zero-order valence-electron chi connectivity index (χ0n) is 12.7. The molecule has 3 nitrogen and oxygen atoms in total. The molecule has 1 N–H and O–H groups in total. The van der Waals surface area contributed by atoms with Crippen LogP contribution in [0.5, 0.6) is 0 Å². The van der Waals surface area contributed by atoms with Gasteiger partial charge in [-0.05, 0) is 35.3 Å². The monoisotopic (exact) mass is 322 g/mol. The largest absolute Gasteiger partial charge is 0.347 e. The van der Waals surface area contributed by atoms with Crippen LogP contribution in [0.2, 0.25) is 0 Å². The predicted molar refractivity (Wildman–Crippen MR) is 96.1 cm³/mol. The number of nitrogens with one attached hydrogen (secondary N) is 1. The summed E-state index contributed by atoms with van der Waals surface area (Å²) in [5, 5.41) is 3.55. The highest BCUT2D eigenvalue weighted by atomic mass is 32.1. The van der Waals surface area contributed by atoms with Gasteiger partial charge in [0.25, 0.3) is 5.91 Å². The summed E-state index contributed by atoms with van der Waals surface area (Å²) in [7, 11) is 0. The highest BCUT2D eigenvalue weighted by Crippen LogP contribution is 2.23. The smallest absolute Gasteiger partial charge is 0.256 e. The van der Waals surface area contributed by atoms with Crippen LogP contribution >= 0.6 is 12.2 Å². The second kappa shape index (κ2) is 6.75. The van der Waals surface area contributed by atoms with Crippen molar-refractivity contribution in [3.05, 3.63) is 83.9 Å². The van der Waals surface area contributed by atoms with Crippen molar-refractivity contribution in [2.24, 2.45) is 0 Å². The molecular weight excluding hydrogens is 304 g/mol. The zero-order valence-corrected chi connectivity index (χ0v) is 13.6. The molecule has 0 aliphatic carbocycles. The molecule has 0 saturated carbocycles. The van der Waals surface area contributed by atoms with Gasteiger partial charge in [0.2, 0.25) is 0 Å². The minimum absolute atomic E-state index is 0.0225. The van der Waals surface area contributed by atoms with E-state index < -0.39 is 6.04 Å². The molecule has 1 amide bonds. The second-order valence-electron chi connectivity index (χ2n) is 5.52.